The fraction of sp³-hybridized carbons (Fsp3) is 0.571. The Labute approximate surface area is 114 Å². The van der Waals surface area contributed by atoms with Crippen molar-refractivity contribution < 1.29 is 8.42 Å². The van der Waals surface area contributed by atoms with E-state index in [1.807, 2.05) is 32.0 Å². The standard InChI is InChI=1S/C14H19ClO2S/c1-10-6-7-12(9-11(10)2)14(15)13-5-3-4-8-18(13,16)17/h6-7,9,13-14H,3-5,8H2,1-2H3. The van der Waals surface area contributed by atoms with Gasteiger partial charge in [-0.05, 0) is 43.4 Å². The lowest BCUT2D eigenvalue weighted by atomic mass is 10.0. The second-order valence-corrected chi connectivity index (χ2v) is 7.96. The van der Waals surface area contributed by atoms with Gasteiger partial charge in [-0.25, -0.2) is 8.42 Å². The van der Waals surface area contributed by atoms with E-state index in [0.717, 1.165) is 24.0 Å². The SMILES string of the molecule is Cc1ccc(C(Cl)C2CCCCS2(=O)=O)cc1C. The lowest BCUT2D eigenvalue weighted by Gasteiger charge is -2.26. The number of alkyl halides is 1. The lowest BCUT2D eigenvalue weighted by Crippen LogP contribution is -2.31. The van der Waals surface area contributed by atoms with Gasteiger partial charge in [-0.2, -0.15) is 0 Å². The lowest BCUT2D eigenvalue weighted by molar-refractivity contribution is 0.534. The summed E-state index contributed by atoms with van der Waals surface area (Å²) in [5.41, 5.74) is 3.29. The summed E-state index contributed by atoms with van der Waals surface area (Å²) in [5.74, 6) is 0.283. The molecule has 0 aliphatic carbocycles. The summed E-state index contributed by atoms with van der Waals surface area (Å²) in [6.45, 7) is 4.07. The molecule has 0 bridgehead atoms. The number of sulfone groups is 1. The maximum Gasteiger partial charge on any atom is 0.154 e. The van der Waals surface area contributed by atoms with Gasteiger partial charge >= 0.3 is 0 Å². The van der Waals surface area contributed by atoms with Crippen LogP contribution >= 0.6 is 11.6 Å². The van der Waals surface area contributed by atoms with Crippen LogP contribution in [0.4, 0.5) is 0 Å². The molecule has 1 aliphatic rings. The number of halogens is 1. The van der Waals surface area contributed by atoms with Gasteiger partial charge in [0.15, 0.2) is 9.84 Å². The molecule has 2 atom stereocenters. The van der Waals surface area contributed by atoms with Crippen molar-refractivity contribution in [1.82, 2.24) is 0 Å². The zero-order chi connectivity index (χ0) is 13.3. The highest BCUT2D eigenvalue weighted by atomic mass is 35.5. The molecule has 1 heterocycles. The van der Waals surface area contributed by atoms with Gasteiger partial charge in [-0.1, -0.05) is 24.6 Å². The average Bonchev–Trinajstić information content (AvgIpc) is 2.31. The van der Waals surface area contributed by atoms with Crippen molar-refractivity contribution >= 4 is 21.4 Å². The van der Waals surface area contributed by atoms with Crippen molar-refractivity contribution in [3.8, 4) is 0 Å². The average molecular weight is 287 g/mol. The molecule has 1 aliphatic heterocycles. The van der Waals surface area contributed by atoms with Gasteiger partial charge in [0.25, 0.3) is 0 Å². The molecule has 0 saturated carbocycles. The predicted molar refractivity (Wildman–Crippen MR) is 75.9 cm³/mol. The topological polar surface area (TPSA) is 34.1 Å². The molecule has 2 rings (SSSR count). The van der Waals surface area contributed by atoms with E-state index in [9.17, 15) is 8.42 Å². The van der Waals surface area contributed by atoms with Gasteiger partial charge in [0.2, 0.25) is 0 Å². The summed E-state index contributed by atoms with van der Waals surface area (Å²) in [4.78, 5) is 0. The minimum absolute atomic E-state index is 0.283. The first-order valence-corrected chi connectivity index (χ1v) is 8.50. The first-order chi connectivity index (χ1) is 8.42. The van der Waals surface area contributed by atoms with Gasteiger partial charge < -0.3 is 0 Å². The van der Waals surface area contributed by atoms with E-state index in [0.29, 0.717) is 6.42 Å². The summed E-state index contributed by atoms with van der Waals surface area (Å²) in [5, 5.41) is -0.843. The highest BCUT2D eigenvalue weighted by molar-refractivity contribution is 7.92. The molecule has 2 unspecified atom stereocenters. The Bertz CT molecular complexity index is 537. The Balaban J connectivity index is 2.30. The number of hydrogen-bond donors (Lipinski definition) is 0. The molecule has 18 heavy (non-hydrogen) atoms. The zero-order valence-electron chi connectivity index (χ0n) is 10.8. The van der Waals surface area contributed by atoms with Crippen molar-refractivity contribution in [3.63, 3.8) is 0 Å². The minimum Gasteiger partial charge on any atom is -0.228 e. The van der Waals surface area contributed by atoms with Crippen LogP contribution in [0.5, 0.6) is 0 Å². The van der Waals surface area contributed by atoms with E-state index in [2.05, 4.69) is 0 Å². The molecule has 1 aromatic carbocycles. The van der Waals surface area contributed by atoms with Crippen LogP contribution in [-0.2, 0) is 9.84 Å². The molecule has 1 saturated heterocycles. The van der Waals surface area contributed by atoms with E-state index in [1.54, 1.807) is 0 Å². The zero-order valence-corrected chi connectivity index (χ0v) is 12.4. The van der Waals surface area contributed by atoms with Crippen LogP contribution in [0.3, 0.4) is 0 Å². The first kappa shape index (κ1) is 13.9. The van der Waals surface area contributed by atoms with E-state index < -0.39 is 20.5 Å². The third-order valence-electron chi connectivity index (χ3n) is 3.80. The third kappa shape index (κ3) is 2.72. The van der Waals surface area contributed by atoms with Gasteiger partial charge in [-0.3, -0.25) is 0 Å². The van der Waals surface area contributed by atoms with Crippen LogP contribution in [0.15, 0.2) is 18.2 Å². The second-order valence-electron chi connectivity index (χ2n) is 5.15. The molecular weight excluding hydrogens is 268 g/mol. The Morgan fingerprint density at radius 1 is 1.22 bits per heavy atom. The Morgan fingerprint density at radius 2 is 1.94 bits per heavy atom. The third-order valence-corrected chi connectivity index (χ3v) is 6.80. The predicted octanol–water partition coefficient (Wildman–Crippen LogP) is 3.55. The number of rotatable bonds is 2. The number of aryl methyl sites for hydroxylation is 2. The minimum atomic E-state index is -3.03. The van der Waals surface area contributed by atoms with Crippen molar-refractivity contribution in [2.75, 3.05) is 5.75 Å². The van der Waals surface area contributed by atoms with Gasteiger partial charge in [0.1, 0.15) is 0 Å². The molecular formula is C14H19ClO2S. The summed E-state index contributed by atoms with van der Waals surface area (Å²) >= 11 is 6.41. The highest BCUT2D eigenvalue weighted by Gasteiger charge is 2.35. The molecule has 4 heteroatoms. The quantitative estimate of drug-likeness (QED) is 0.779. The van der Waals surface area contributed by atoms with Crippen LogP contribution in [0.1, 0.15) is 41.3 Å². The molecule has 1 fully saturated rings. The maximum absolute atomic E-state index is 12.1. The van der Waals surface area contributed by atoms with Crippen LogP contribution in [0.2, 0.25) is 0 Å². The van der Waals surface area contributed by atoms with E-state index in [-0.39, 0.29) is 5.75 Å². The molecule has 2 nitrogen and oxygen atoms in total. The highest BCUT2D eigenvalue weighted by Crippen LogP contribution is 2.35. The molecule has 0 spiro atoms. The smallest absolute Gasteiger partial charge is 0.154 e. The van der Waals surface area contributed by atoms with Crippen LogP contribution in [0, 0.1) is 13.8 Å². The molecule has 0 N–H and O–H groups in total. The van der Waals surface area contributed by atoms with Crippen molar-refractivity contribution in [3.05, 3.63) is 34.9 Å². The Morgan fingerprint density at radius 3 is 2.56 bits per heavy atom. The summed E-state index contributed by atoms with van der Waals surface area (Å²) in [6.07, 6.45) is 2.41. The number of benzene rings is 1. The molecule has 0 amide bonds. The van der Waals surface area contributed by atoms with Crippen molar-refractivity contribution in [1.29, 1.82) is 0 Å². The van der Waals surface area contributed by atoms with E-state index in [4.69, 9.17) is 11.6 Å². The largest absolute Gasteiger partial charge is 0.228 e. The van der Waals surface area contributed by atoms with Crippen LogP contribution in [0.25, 0.3) is 0 Å². The fourth-order valence-electron chi connectivity index (χ4n) is 2.46. The number of hydrogen-bond acceptors (Lipinski definition) is 2. The van der Waals surface area contributed by atoms with Gasteiger partial charge in [0.05, 0.1) is 16.4 Å². The monoisotopic (exact) mass is 286 g/mol. The molecule has 0 radical (unpaired) electrons. The van der Waals surface area contributed by atoms with Crippen molar-refractivity contribution in [2.24, 2.45) is 0 Å². The molecule has 0 aromatic heterocycles. The Kier molecular flexibility index (Phi) is 4.02. The molecule has 100 valence electrons. The van der Waals surface area contributed by atoms with Crippen molar-refractivity contribution in [2.45, 2.75) is 43.7 Å². The van der Waals surface area contributed by atoms with Crippen LogP contribution < -0.4 is 0 Å². The fourth-order valence-corrected chi connectivity index (χ4v) is 5.15. The first-order valence-electron chi connectivity index (χ1n) is 6.34. The summed E-state index contributed by atoms with van der Waals surface area (Å²) < 4.78 is 24.1. The van der Waals surface area contributed by atoms with E-state index in [1.165, 1.54) is 5.56 Å². The summed E-state index contributed by atoms with van der Waals surface area (Å²) in [6, 6.07) is 5.97. The van der Waals surface area contributed by atoms with E-state index >= 15 is 0 Å². The second kappa shape index (κ2) is 5.22. The summed E-state index contributed by atoms with van der Waals surface area (Å²) in [7, 11) is -3.03. The molecule has 1 aromatic rings. The maximum atomic E-state index is 12.1. The normalized spacial score (nSPS) is 24.7. The van der Waals surface area contributed by atoms with Gasteiger partial charge in [-0.15, -0.1) is 11.6 Å². The van der Waals surface area contributed by atoms with Crippen LogP contribution in [-0.4, -0.2) is 19.4 Å². The Hall–Kier alpha value is -0.540. The van der Waals surface area contributed by atoms with Gasteiger partial charge in [0, 0.05) is 0 Å².